The van der Waals surface area contributed by atoms with Crippen molar-refractivity contribution in [1.82, 2.24) is 19.6 Å². The first kappa shape index (κ1) is 21.7. The van der Waals surface area contributed by atoms with Crippen molar-refractivity contribution in [3.8, 4) is 17.1 Å². The summed E-state index contributed by atoms with van der Waals surface area (Å²) in [6.45, 7) is -0.758. The van der Waals surface area contributed by atoms with Gasteiger partial charge in [0.15, 0.2) is 16.6 Å². The molecule has 1 unspecified atom stereocenters. The minimum absolute atomic E-state index is 0.0109. The Morgan fingerprint density at radius 1 is 1.31 bits per heavy atom. The van der Waals surface area contributed by atoms with Crippen molar-refractivity contribution in [3.63, 3.8) is 0 Å². The second-order valence-electron chi connectivity index (χ2n) is 6.61. The minimum Gasteiger partial charge on any atom is -0.491 e. The zero-order valence-electron chi connectivity index (χ0n) is 16.4. The highest BCUT2D eigenvalue weighted by Crippen LogP contribution is 2.33. The predicted molar refractivity (Wildman–Crippen MR) is 112 cm³/mol. The number of nitrogens with zero attached hydrogens (tertiary/aromatic N) is 4. The van der Waals surface area contributed by atoms with Crippen molar-refractivity contribution in [2.75, 3.05) is 18.5 Å². The van der Waals surface area contributed by atoms with Gasteiger partial charge in [-0.1, -0.05) is 0 Å². The molecular formula is C20H17F2N5O4S. The molecule has 0 fully saturated rings. The summed E-state index contributed by atoms with van der Waals surface area (Å²) in [6, 6.07) is 7.10. The van der Waals surface area contributed by atoms with Gasteiger partial charge in [-0.15, -0.1) is 16.4 Å². The molecule has 4 rings (SSSR count). The molecule has 32 heavy (non-hydrogen) atoms. The number of ether oxygens (including phenoxy) is 1. The van der Waals surface area contributed by atoms with E-state index in [0.29, 0.717) is 5.13 Å². The van der Waals surface area contributed by atoms with E-state index in [2.05, 4.69) is 20.4 Å². The molecule has 0 aliphatic rings. The highest BCUT2D eigenvalue weighted by Gasteiger charge is 2.21. The Morgan fingerprint density at radius 3 is 2.88 bits per heavy atom. The fraction of sp³-hybridized carbons (Fsp3) is 0.200. The van der Waals surface area contributed by atoms with Crippen molar-refractivity contribution in [2.24, 2.45) is 0 Å². The number of hydrogen-bond donors (Lipinski definition) is 3. The topological polar surface area (TPSA) is 122 Å². The number of carbonyl (C=O) groups excluding carboxylic acids is 1. The van der Waals surface area contributed by atoms with Gasteiger partial charge in [0.1, 0.15) is 18.5 Å². The monoisotopic (exact) mass is 461 g/mol. The normalized spacial score (nSPS) is 12.3. The van der Waals surface area contributed by atoms with Crippen molar-refractivity contribution in [2.45, 2.75) is 12.5 Å². The van der Waals surface area contributed by atoms with Crippen molar-refractivity contribution < 1.29 is 28.5 Å². The van der Waals surface area contributed by atoms with Crippen LogP contribution in [0.4, 0.5) is 13.9 Å². The molecule has 3 heterocycles. The molecule has 0 bridgehead atoms. The third kappa shape index (κ3) is 4.56. The Labute approximate surface area is 184 Å². The lowest BCUT2D eigenvalue weighted by Crippen LogP contribution is -2.21. The summed E-state index contributed by atoms with van der Waals surface area (Å²) in [5.41, 5.74) is 0.108. The lowest BCUT2D eigenvalue weighted by atomic mass is 10.1. The average Bonchev–Trinajstić information content (AvgIpc) is 3.46. The lowest BCUT2D eigenvalue weighted by molar-refractivity contribution is 0.0534. The zero-order chi connectivity index (χ0) is 22.7. The standard InChI is InChI=1S/C20H17F2N5O4S/c21-16(22)15-8-12(31-10-11(29)9-28)3-4-13(15)17-24-18-14(2-1-6-27(18)26-17)19(30)25-20-23-5-7-32-20/h1-8,11,16,28-29H,9-10H2,(H,23,25,30). The Bertz CT molecular complexity index is 1230. The molecule has 1 atom stereocenters. The number of fused-ring (bicyclic) bond motifs is 1. The predicted octanol–water partition coefficient (Wildman–Crippen LogP) is 2.77. The third-order valence-corrected chi connectivity index (χ3v) is 5.10. The molecule has 3 N–H and O–H groups in total. The highest BCUT2D eigenvalue weighted by atomic mass is 32.1. The number of hydrogen-bond acceptors (Lipinski definition) is 8. The molecule has 12 heteroatoms. The van der Waals surface area contributed by atoms with E-state index in [0.717, 1.165) is 6.07 Å². The maximum Gasteiger partial charge on any atom is 0.264 e. The number of amides is 1. The van der Waals surface area contributed by atoms with Crippen molar-refractivity contribution >= 4 is 28.0 Å². The number of carbonyl (C=O) groups is 1. The van der Waals surface area contributed by atoms with Gasteiger partial charge in [-0.2, -0.15) is 0 Å². The van der Waals surface area contributed by atoms with Crippen LogP contribution in [0.2, 0.25) is 0 Å². The van der Waals surface area contributed by atoms with Crippen molar-refractivity contribution in [3.05, 3.63) is 59.2 Å². The van der Waals surface area contributed by atoms with E-state index in [1.165, 1.54) is 28.0 Å². The van der Waals surface area contributed by atoms with Gasteiger partial charge < -0.3 is 14.9 Å². The number of alkyl halides is 2. The summed E-state index contributed by atoms with van der Waals surface area (Å²) >= 11 is 1.26. The molecule has 0 spiro atoms. The third-order valence-electron chi connectivity index (χ3n) is 4.41. The minimum atomic E-state index is -2.85. The molecule has 0 aliphatic carbocycles. The average molecular weight is 461 g/mol. The van der Waals surface area contributed by atoms with Crippen LogP contribution < -0.4 is 10.1 Å². The SMILES string of the molecule is O=C(Nc1nccs1)c1cccn2nc(-c3ccc(OCC(O)CO)cc3C(F)F)nc12. The largest absolute Gasteiger partial charge is 0.491 e. The smallest absolute Gasteiger partial charge is 0.264 e. The van der Waals surface area contributed by atoms with Gasteiger partial charge in [0.2, 0.25) is 0 Å². The van der Waals surface area contributed by atoms with Gasteiger partial charge in [0, 0.05) is 28.9 Å². The second kappa shape index (κ2) is 9.34. The van der Waals surface area contributed by atoms with Crippen LogP contribution in [0, 0.1) is 0 Å². The van der Waals surface area contributed by atoms with Gasteiger partial charge in [0.25, 0.3) is 12.3 Å². The quantitative estimate of drug-likeness (QED) is 0.369. The Hall–Kier alpha value is -3.48. The second-order valence-corrected chi connectivity index (χ2v) is 7.51. The fourth-order valence-electron chi connectivity index (χ4n) is 2.91. The first-order valence-electron chi connectivity index (χ1n) is 9.36. The fourth-order valence-corrected chi connectivity index (χ4v) is 3.43. The van der Waals surface area contributed by atoms with Crippen LogP contribution in [0.15, 0.2) is 48.1 Å². The first-order chi connectivity index (χ1) is 15.5. The zero-order valence-corrected chi connectivity index (χ0v) is 17.2. The van der Waals surface area contributed by atoms with Gasteiger partial charge in [-0.25, -0.2) is 23.3 Å². The van der Waals surface area contributed by atoms with Crippen LogP contribution >= 0.6 is 11.3 Å². The van der Waals surface area contributed by atoms with E-state index >= 15 is 0 Å². The number of aliphatic hydroxyl groups excluding tert-OH is 2. The molecule has 9 nitrogen and oxygen atoms in total. The van der Waals surface area contributed by atoms with E-state index in [1.54, 1.807) is 29.9 Å². The first-order valence-corrected chi connectivity index (χ1v) is 10.2. The number of rotatable bonds is 8. The van der Waals surface area contributed by atoms with E-state index in [9.17, 15) is 18.7 Å². The number of aromatic nitrogens is 4. The molecule has 1 aromatic carbocycles. The summed E-state index contributed by atoms with van der Waals surface area (Å²) in [5.74, 6) is -0.342. The Kier molecular flexibility index (Phi) is 6.35. The van der Waals surface area contributed by atoms with Gasteiger partial charge in [-0.3, -0.25) is 10.1 Å². The number of benzene rings is 1. The molecule has 0 aliphatic heterocycles. The highest BCUT2D eigenvalue weighted by molar-refractivity contribution is 7.13. The van der Waals surface area contributed by atoms with Crippen LogP contribution in [-0.2, 0) is 0 Å². The van der Waals surface area contributed by atoms with Gasteiger partial charge in [-0.05, 0) is 30.3 Å². The van der Waals surface area contributed by atoms with Gasteiger partial charge in [0.05, 0.1) is 12.2 Å². The number of nitrogens with one attached hydrogen (secondary N) is 1. The van der Waals surface area contributed by atoms with Gasteiger partial charge >= 0.3 is 0 Å². The molecule has 0 saturated carbocycles. The number of halogens is 2. The van der Waals surface area contributed by atoms with E-state index < -0.39 is 25.0 Å². The molecule has 3 aromatic heterocycles. The lowest BCUT2D eigenvalue weighted by Gasteiger charge is -2.12. The number of thiazole rings is 1. The molecule has 1 amide bonds. The maximum absolute atomic E-state index is 13.8. The van der Waals surface area contributed by atoms with E-state index in [4.69, 9.17) is 9.84 Å². The van der Waals surface area contributed by atoms with E-state index in [1.807, 2.05) is 0 Å². The van der Waals surface area contributed by atoms with Crippen molar-refractivity contribution in [1.29, 1.82) is 0 Å². The Balaban J connectivity index is 1.68. The number of aliphatic hydroxyl groups is 2. The van der Waals surface area contributed by atoms with Crippen LogP contribution in [0.5, 0.6) is 5.75 Å². The maximum atomic E-state index is 13.8. The summed E-state index contributed by atoms with van der Waals surface area (Å²) in [5, 5.41) is 27.3. The number of pyridine rings is 1. The van der Waals surface area contributed by atoms with Crippen LogP contribution in [-0.4, -0.2) is 55.0 Å². The van der Waals surface area contributed by atoms with E-state index in [-0.39, 0.29) is 40.5 Å². The molecular weight excluding hydrogens is 444 g/mol. The molecule has 4 aromatic rings. The van der Waals surface area contributed by atoms with Crippen LogP contribution in [0.3, 0.4) is 0 Å². The summed E-state index contributed by atoms with van der Waals surface area (Å²) in [6.07, 6.45) is -0.865. The summed E-state index contributed by atoms with van der Waals surface area (Å²) in [7, 11) is 0. The number of anilines is 1. The Morgan fingerprint density at radius 2 is 2.16 bits per heavy atom. The van der Waals surface area contributed by atoms with Crippen LogP contribution in [0.25, 0.3) is 17.0 Å². The summed E-state index contributed by atoms with van der Waals surface area (Å²) in [4.78, 5) is 21.0. The van der Waals surface area contributed by atoms with Crippen LogP contribution in [0.1, 0.15) is 22.3 Å². The molecule has 166 valence electrons. The molecule has 0 saturated heterocycles. The summed E-state index contributed by atoms with van der Waals surface area (Å²) < 4.78 is 34.1. The molecule has 0 radical (unpaired) electrons.